The van der Waals surface area contributed by atoms with Gasteiger partial charge in [-0.2, -0.15) is 0 Å². The number of hydrogen-bond donors (Lipinski definition) is 0. The lowest BCUT2D eigenvalue weighted by Crippen LogP contribution is -2.09. The molecule has 0 amide bonds. The molecule has 0 heterocycles. The van der Waals surface area contributed by atoms with E-state index in [9.17, 15) is 4.79 Å². The van der Waals surface area contributed by atoms with Gasteiger partial charge in [0.05, 0.1) is 13.0 Å². The summed E-state index contributed by atoms with van der Waals surface area (Å²) in [6.45, 7) is 6.20. The van der Waals surface area contributed by atoms with Crippen LogP contribution in [0, 0.1) is 12.3 Å². The molecule has 0 unspecified atom stereocenters. The zero-order valence-corrected chi connectivity index (χ0v) is 6.35. The molecule has 0 bridgehead atoms. The lowest BCUT2D eigenvalue weighted by atomic mass is 10.1. The van der Waals surface area contributed by atoms with E-state index in [4.69, 9.17) is 4.74 Å². The Morgan fingerprint density at radius 2 is 2.30 bits per heavy atom. The van der Waals surface area contributed by atoms with Crippen LogP contribution in [0.15, 0.2) is 0 Å². The van der Waals surface area contributed by atoms with Crippen LogP contribution >= 0.6 is 0 Å². The fourth-order valence-electron chi connectivity index (χ4n) is 0.872. The number of rotatable bonds is 3. The lowest BCUT2D eigenvalue weighted by Gasteiger charge is -2.05. The Balaban J connectivity index is 2.18. The van der Waals surface area contributed by atoms with Gasteiger partial charge in [-0.3, -0.25) is 4.79 Å². The average Bonchev–Trinajstić information content (AvgIpc) is 2.48. The highest BCUT2D eigenvalue weighted by Crippen LogP contribution is 2.47. The van der Waals surface area contributed by atoms with Gasteiger partial charge in [-0.15, -0.1) is 0 Å². The minimum absolute atomic E-state index is 0.0479. The van der Waals surface area contributed by atoms with E-state index in [1.54, 1.807) is 0 Å². The Labute approximate surface area is 61.6 Å². The normalized spacial score (nSPS) is 20.2. The van der Waals surface area contributed by atoms with Crippen molar-refractivity contribution < 1.29 is 9.53 Å². The first kappa shape index (κ1) is 7.58. The van der Waals surface area contributed by atoms with Gasteiger partial charge >= 0.3 is 5.97 Å². The molecule has 0 atom stereocenters. The van der Waals surface area contributed by atoms with Crippen molar-refractivity contribution in [2.45, 2.75) is 26.2 Å². The molecule has 10 heavy (non-hydrogen) atoms. The predicted octanol–water partition coefficient (Wildman–Crippen LogP) is 1.55. The van der Waals surface area contributed by atoms with Crippen LogP contribution in [0.1, 0.15) is 26.2 Å². The summed E-state index contributed by atoms with van der Waals surface area (Å²) in [4.78, 5) is 10.8. The third kappa shape index (κ3) is 2.01. The van der Waals surface area contributed by atoms with Crippen molar-refractivity contribution in [3.8, 4) is 0 Å². The number of carbonyl (C=O) groups is 1. The number of esters is 1. The van der Waals surface area contributed by atoms with Crippen LogP contribution in [-0.4, -0.2) is 12.6 Å². The molecule has 1 rings (SSSR count). The molecule has 57 valence electrons. The molecule has 0 aromatic rings. The summed E-state index contributed by atoms with van der Waals surface area (Å²) in [5.74, 6) is -0.102. The molecular weight excluding hydrogens is 128 g/mol. The summed E-state index contributed by atoms with van der Waals surface area (Å²) in [6.07, 6.45) is 2.65. The monoisotopic (exact) mass is 141 g/mol. The molecule has 0 saturated heterocycles. The van der Waals surface area contributed by atoms with E-state index >= 15 is 0 Å². The summed E-state index contributed by atoms with van der Waals surface area (Å²) >= 11 is 0. The largest absolute Gasteiger partial charge is 0.466 e. The first-order chi connectivity index (χ1) is 4.66. The van der Waals surface area contributed by atoms with E-state index < -0.39 is 0 Å². The zero-order valence-electron chi connectivity index (χ0n) is 6.35. The molecule has 1 fully saturated rings. The molecule has 1 aliphatic carbocycles. The van der Waals surface area contributed by atoms with Crippen molar-refractivity contribution in [1.29, 1.82) is 0 Å². The molecule has 1 radical (unpaired) electrons. The summed E-state index contributed by atoms with van der Waals surface area (Å²) in [6, 6.07) is 0. The molecular formula is C8H13O2. The zero-order chi connectivity index (χ0) is 7.61. The van der Waals surface area contributed by atoms with Crippen LogP contribution in [0.25, 0.3) is 0 Å². The van der Waals surface area contributed by atoms with Gasteiger partial charge in [-0.05, 0) is 32.1 Å². The minimum atomic E-state index is -0.102. The van der Waals surface area contributed by atoms with Gasteiger partial charge in [0.15, 0.2) is 0 Å². The minimum Gasteiger partial charge on any atom is -0.466 e. The van der Waals surface area contributed by atoms with E-state index in [1.807, 2.05) is 6.92 Å². The second-order valence-electron chi connectivity index (χ2n) is 2.98. The molecule has 0 N–H and O–H groups in total. The van der Waals surface area contributed by atoms with Crippen molar-refractivity contribution in [2.75, 3.05) is 6.61 Å². The predicted molar refractivity (Wildman–Crippen MR) is 38.3 cm³/mol. The van der Waals surface area contributed by atoms with E-state index in [0.29, 0.717) is 13.0 Å². The van der Waals surface area contributed by atoms with Gasteiger partial charge in [0, 0.05) is 0 Å². The number of carbonyl (C=O) groups excluding carboxylic acids is 1. The first-order valence-corrected chi connectivity index (χ1v) is 3.67. The molecule has 2 heteroatoms. The van der Waals surface area contributed by atoms with Crippen LogP contribution in [0.2, 0.25) is 0 Å². The summed E-state index contributed by atoms with van der Waals surface area (Å²) in [5.41, 5.74) is 0.0479. The average molecular weight is 141 g/mol. The molecule has 0 aliphatic heterocycles. The van der Waals surface area contributed by atoms with Gasteiger partial charge in [0.2, 0.25) is 0 Å². The van der Waals surface area contributed by atoms with Gasteiger partial charge in [-0.1, -0.05) is 0 Å². The molecule has 0 aromatic heterocycles. The van der Waals surface area contributed by atoms with Gasteiger partial charge < -0.3 is 4.74 Å². The molecule has 1 saturated carbocycles. The third-order valence-electron chi connectivity index (χ3n) is 1.78. The second-order valence-corrected chi connectivity index (χ2v) is 2.98. The van der Waals surface area contributed by atoms with E-state index in [0.717, 1.165) is 12.8 Å². The van der Waals surface area contributed by atoms with Gasteiger partial charge in [-0.25, -0.2) is 0 Å². The van der Waals surface area contributed by atoms with Crippen molar-refractivity contribution in [1.82, 2.24) is 0 Å². The highest BCUT2D eigenvalue weighted by Gasteiger charge is 2.39. The lowest BCUT2D eigenvalue weighted by molar-refractivity contribution is -0.144. The molecule has 1 aliphatic rings. The SMILES string of the molecule is [CH2]C1(CC(=O)OCC)CC1. The Kier molecular flexibility index (Phi) is 1.97. The quantitative estimate of drug-likeness (QED) is 0.557. The van der Waals surface area contributed by atoms with Crippen molar-refractivity contribution in [2.24, 2.45) is 5.41 Å². The first-order valence-electron chi connectivity index (χ1n) is 3.67. The smallest absolute Gasteiger partial charge is 0.306 e. The topological polar surface area (TPSA) is 26.3 Å². The van der Waals surface area contributed by atoms with Crippen LogP contribution in [0.4, 0.5) is 0 Å². The summed E-state index contributed by atoms with van der Waals surface area (Å²) < 4.78 is 4.78. The van der Waals surface area contributed by atoms with E-state index in [2.05, 4.69) is 6.92 Å². The van der Waals surface area contributed by atoms with Crippen LogP contribution < -0.4 is 0 Å². The fourth-order valence-corrected chi connectivity index (χ4v) is 0.872. The van der Waals surface area contributed by atoms with Crippen molar-refractivity contribution in [3.05, 3.63) is 6.92 Å². The fraction of sp³-hybridized carbons (Fsp3) is 0.750. The van der Waals surface area contributed by atoms with Crippen molar-refractivity contribution >= 4 is 5.97 Å². The Hall–Kier alpha value is -0.530. The van der Waals surface area contributed by atoms with E-state index in [-0.39, 0.29) is 11.4 Å². The molecule has 2 nitrogen and oxygen atoms in total. The summed E-state index contributed by atoms with van der Waals surface area (Å²) in [7, 11) is 0. The number of ether oxygens (including phenoxy) is 1. The second kappa shape index (κ2) is 2.60. The van der Waals surface area contributed by atoms with Gasteiger partial charge in [0.25, 0.3) is 0 Å². The highest BCUT2D eigenvalue weighted by atomic mass is 16.5. The van der Waals surface area contributed by atoms with E-state index in [1.165, 1.54) is 0 Å². The third-order valence-corrected chi connectivity index (χ3v) is 1.78. The summed E-state index contributed by atoms with van der Waals surface area (Å²) in [5, 5.41) is 0. The molecule has 0 spiro atoms. The maximum absolute atomic E-state index is 10.8. The number of hydrogen-bond acceptors (Lipinski definition) is 2. The van der Waals surface area contributed by atoms with Crippen LogP contribution in [0.3, 0.4) is 0 Å². The maximum Gasteiger partial charge on any atom is 0.306 e. The maximum atomic E-state index is 10.8. The van der Waals surface area contributed by atoms with Crippen LogP contribution in [0.5, 0.6) is 0 Å². The van der Waals surface area contributed by atoms with Crippen molar-refractivity contribution in [3.63, 3.8) is 0 Å². The Morgan fingerprint density at radius 1 is 1.70 bits per heavy atom. The Bertz CT molecular complexity index is 136. The highest BCUT2D eigenvalue weighted by molar-refractivity contribution is 5.70. The van der Waals surface area contributed by atoms with Crippen LogP contribution in [-0.2, 0) is 9.53 Å². The standard InChI is InChI=1S/C8H13O2/c1-3-10-7(9)6-8(2)4-5-8/h2-6H2,1H3. The Morgan fingerprint density at radius 3 is 2.70 bits per heavy atom. The van der Waals surface area contributed by atoms with Gasteiger partial charge in [0.1, 0.15) is 0 Å². The molecule has 0 aromatic carbocycles.